The molecule has 2 nitrogen and oxygen atoms in total. The predicted molar refractivity (Wildman–Crippen MR) is 105 cm³/mol. The van der Waals surface area contributed by atoms with Crippen molar-refractivity contribution in [3.63, 3.8) is 0 Å². The molecule has 2 rings (SSSR count). The second kappa shape index (κ2) is 8.33. The van der Waals surface area contributed by atoms with E-state index >= 15 is 0 Å². The molecule has 0 amide bonds. The minimum Gasteiger partial charge on any atom is -0.376 e. The van der Waals surface area contributed by atoms with E-state index in [1.807, 2.05) is 18.2 Å². The number of allylic oxidation sites excluding steroid dienone is 3. The van der Waals surface area contributed by atoms with Gasteiger partial charge in [-0.15, -0.1) is 0 Å². The summed E-state index contributed by atoms with van der Waals surface area (Å²) in [6.07, 6.45) is 1.36. The Balaban J connectivity index is 2.30. The average Bonchev–Trinajstić information content (AvgIpc) is 2.61. The lowest BCUT2D eigenvalue weighted by Crippen LogP contribution is -2.39. The second-order valence-electron chi connectivity index (χ2n) is 5.76. The van der Waals surface area contributed by atoms with Crippen LogP contribution in [0.2, 0.25) is 5.02 Å². The van der Waals surface area contributed by atoms with Crippen molar-refractivity contribution in [2.45, 2.75) is 23.6 Å². The molecule has 1 N–H and O–H groups in total. The lowest BCUT2D eigenvalue weighted by molar-refractivity contribution is -0.259. The molecule has 0 aliphatic carbocycles. The second-order valence-corrected chi connectivity index (χ2v) is 7.31. The van der Waals surface area contributed by atoms with Gasteiger partial charge in [0.1, 0.15) is 0 Å². The van der Waals surface area contributed by atoms with Crippen LogP contribution >= 0.6 is 23.4 Å². The monoisotopic (exact) mass is 411 g/mol. The Bertz CT molecular complexity index is 874. The summed E-state index contributed by atoms with van der Waals surface area (Å²) in [6, 6.07) is 8.32. The van der Waals surface area contributed by atoms with E-state index in [9.17, 15) is 18.3 Å². The van der Waals surface area contributed by atoms with Crippen molar-refractivity contribution in [3.8, 4) is 11.3 Å². The van der Waals surface area contributed by atoms with Gasteiger partial charge in [-0.25, -0.2) is 0 Å². The van der Waals surface area contributed by atoms with E-state index in [2.05, 4.69) is 18.1 Å². The predicted octanol–water partition coefficient (Wildman–Crippen LogP) is 6.52. The zero-order chi connectivity index (χ0) is 20.2. The van der Waals surface area contributed by atoms with Gasteiger partial charge in [-0.1, -0.05) is 60.8 Å². The Morgan fingerprint density at radius 3 is 2.33 bits per heavy atom. The van der Waals surface area contributed by atoms with Crippen LogP contribution in [0.3, 0.4) is 0 Å². The first-order valence-corrected chi connectivity index (χ1v) is 8.98. The van der Waals surface area contributed by atoms with Gasteiger partial charge in [0, 0.05) is 27.1 Å². The highest BCUT2D eigenvalue weighted by molar-refractivity contribution is 8.03. The van der Waals surface area contributed by atoms with Gasteiger partial charge in [0.15, 0.2) is 5.60 Å². The van der Waals surface area contributed by atoms with Crippen LogP contribution in [0.15, 0.2) is 77.7 Å². The molecule has 0 fully saturated rings. The number of benzene rings is 1. The number of halogens is 4. The van der Waals surface area contributed by atoms with E-state index in [1.54, 1.807) is 24.3 Å². The molecule has 1 unspecified atom stereocenters. The summed E-state index contributed by atoms with van der Waals surface area (Å²) in [7, 11) is 0. The molecule has 7 heteroatoms. The molecule has 1 aromatic carbocycles. The van der Waals surface area contributed by atoms with Crippen molar-refractivity contribution >= 4 is 23.4 Å². The topological polar surface area (TPSA) is 33.1 Å². The van der Waals surface area contributed by atoms with Crippen LogP contribution in [0.4, 0.5) is 13.2 Å². The lowest BCUT2D eigenvalue weighted by Gasteiger charge is -2.26. The summed E-state index contributed by atoms with van der Waals surface area (Å²) in [6.45, 7) is 8.04. The lowest BCUT2D eigenvalue weighted by atomic mass is 9.96. The van der Waals surface area contributed by atoms with Crippen LogP contribution in [0.5, 0.6) is 0 Å². The van der Waals surface area contributed by atoms with Crippen molar-refractivity contribution in [2.24, 2.45) is 0 Å². The normalized spacial score (nSPS) is 14.5. The van der Waals surface area contributed by atoms with E-state index in [0.717, 1.165) is 22.1 Å². The van der Waals surface area contributed by atoms with Crippen molar-refractivity contribution in [2.75, 3.05) is 0 Å². The number of aromatic nitrogens is 1. The summed E-state index contributed by atoms with van der Waals surface area (Å²) < 4.78 is 38.9. The van der Waals surface area contributed by atoms with Crippen molar-refractivity contribution < 1.29 is 18.3 Å². The van der Waals surface area contributed by atoms with Gasteiger partial charge < -0.3 is 5.11 Å². The van der Waals surface area contributed by atoms with E-state index in [0.29, 0.717) is 18.2 Å². The SMILES string of the molecule is C=C/C=C(\C=C)Sc1ccc(-c2ncc(C(C)(O)C(F)(F)F)cc2Cl)cc1. The fourth-order valence-corrected chi connectivity index (χ4v) is 3.22. The Hall–Kier alpha value is -2.02. The van der Waals surface area contributed by atoms with Crippen molar-refractivity contribution in [1.82, 2.24) is 4.98 Å². The number of pyridine rings is 1. The standard InChI is InChI=1S/C20H17ClF3NOS/c1-4-6-15(5-2)27-16-9-7-13(8-10-16)18-17(21)11-14(12-25-18)19(3,26)20(22,23)24/h4-12,26H,1-2H2,3H3/b15-6+. The Kier molecular flexibility index (Phi) is 6.57. The highest BCUT2D eigenvalue weighted by atomic mass is 35.5. The van der Waals surface area contributed by atoms with Crippen LogP contribution < -0.4 is 0 Å². The maximum atomic E-state index is 13.0. The quantitative estimate of drug-likeness (QED) is 0.434. The van der Waals surface area contributed by atoms with Gasteiger partial charge >= 0.3 is 6.18 Å². The molecule has 0 saturated heterocycles. The minimum atomic E-state index is -4.83. The third kappa shape index (κ3) is 4.83. The highest BCUT2D eigenvalue weighted by Gasteiger charge is 2.51. The van der Waals surface area contributed by atoms with Gasteiger partial charge in [-0.3, -0.25) is 4.98 Å². The number of thioether (sulfide) groups is 1. The zero-order valence-electron chi connectivity index (χ0n) is 14.4. The smallest absolute Gasteiger partial charge is 0.376 e. The van der Waals surface area contributed by atoms with Crippen LogP contribution in [0, 0.1) is 0 Å². The maximum absolute atomic E-state index is 13.0. The van der Waals surface area contributed by atoms with Gasteiger partial charge in [0.25, 0.3) is 0 Å². The fourth-order valence-electron chi connectivity index (χ4n) is 2.16. The molecular weight excluding hydrogens is 395 g/mol. The number of hydrogen-bond donors (Lipinski definition) is 1. The molecule has 0 aliphatic heterocycles. The molecule has 0 saturated carbocycles. The van der Waals surface area contributed by atoms with Gasteiger partial charge in [0.2, 0.25) is 0 Å². The highest BCUT2D eigenvalue weighted by Crippen LogP contribution is 2.40. The molecular formula is C20H17ClF3NOS. The van der Waals surface area contributed by atoms with E-state index in [-0.39, 0.29) is 5.02 Å². The Morgan fingerprint density at radius 2 is 1.85 bits per heavy atom. The van der Waals surface area contributed by atoms with E-state index < -0.39 is 17.3 Å². The molecule has 1 atom stereocenters. The van der Waals surface area contributed by atoms with Crippen LogP contribution in [-0.4, -0.2) is 16.3 Å². The molecule has 1 aromatic heterocycles. The number of alkyl halides is 3. The molecule has 0 aliphatic rings. The fraction of sp³-hybridized carbons (Fsp3) is 0.150. The molecule has 0 radical (unpaired) electrons. The molecule has 0 spiro atoms. The van der Waals surface area contributed by atoms with Crippen LogP contribution in [0.25, 0.3) is 11.3 Å². The van der Waals surface area contributed by atoms with E-state index in [1.165, 1.54) is 11.8 Å². The summed E-state index contributed by atoms with van der Waals surface area (Å²) in [4.78, 5) is 5.89. The number of aliphatic hydroxyl groups is 1. The first kappa shape index (κ1) is 21.3. The number of rotatable bonds is 6. The minimum absolute atomic E-state index is 0.0239. The zero-order valence-corrected chi connectivity index (χ0v) is 16.0. The van der Waals surface area contributed by atoms with Crippen molar-refractivity contribution in [3.05, 3.63) is 83.4 Å². The number of hydrogen-bond acceptors (Lipinski definition) is 3. The van der Waals surface area contributed by atoms with E-state index in [4.69, 9.17) is 11.6 Å². The summed E-state index contributed by atoms with van der Waals surface area (Å²) >= 11 is 7.62. The maximum Gasteiger partial charge on any atom is 0.421 e. The van der Waals surface area contributed by atoms with Gasteiger partial charge in [-0.05, 0) is 31.2 Å². The number of nitrogens with zero attached hydrogens (tertiary/aromatic N) is 1. The molecule has 1 heterocycles. The summed E-state index contributed by atoms with van der Waals surface area (Å²) in [5.41, 5.74) is -2.46. The van der Waals surface area contributed by atoms with Crippen molar-refractivity contribution in [1.29, 1.82) is 0 Å². The molecule has 142 valence electrons. The molecule has 2 aromatic rings. The first-order valence-electron chi connectivity index (χ1n) is 7.78. The van der Waals surface area contributed by atoms with Gasteiger partial charge in [-0.2, -0.15) is 13.2 Å². The Morgan fingerprint density at radius 1 is 1.22 bits per heavy atom. The summed E-state index contributed by atoms with van der Waals surface area (Å²) in [5, 5.41) is 9.77. The first-order chi connectivity index (χ1) is 12.6. The van der Waals surface area contributed by atoms with Crippen LogP contribution in [0.1, 0.15) is 12.5 Å². The third-order valence-electron chi connectivity index (χ3n) is 3.80. The Labute approximate surface area is 165 Å². The average molecular weight is 412 g/mol. The third-order valence-corrected chi connectivity index (χ3v) is 5.14. The molecule has 0 bridgehead atoms. The largest absolute Gasteiger partial charge is 0.421 e. The van der Waals surface area contributed by atoms with Crippen LogP contribution in [-0.2, 0) is 5.60 Å². The van der Waals surface area contributed by atoms with Gasteiger partial charge in [0.05, 0.1) is 10.7 Å². The molecule has 27 heavy (non-hydrogen) atoms. The summed E-state index contributed by atoms with van der Waals surface area (Å²) in [5.74, 6) is 0.